The zero-order chi connectivity index (χ0) is 24.7. The van der Waals surface area contributed by atoms with E-state index in [9.17, 15) is 5.11 Å². The lowest BCUT2D eigenvalue weighted by Crippen LogP contribution is -2.20. The molecule has 0 spiro atoms. The average Bonchev–Trinajstić information content (AvgIpc) is 2.94. The number of benzene rings is 4. The standard InChI is InChI=1S/C18H22O3.C13H12O/c1-15(20-13-12-19)14-21-18(16-8-4-2-5-9-16)17-10-6-3-7-11-17;14-13(11-7-3-1-4-8-11)12-9-5-2-6-10-12/h2-11,15,18-19H,12-14H2,1H3;1-10,13-14H. The summed E-state index contributed by atoms with van der Waals surface area (Å²) in [7, 11) is 0. The summed E-state index contributed by atoms with van der Waals surface area (Å²) < 4.78 is 11.5. The van der Waals surface area contributed by atoms with Gasteiger partial charge in [0.15, 0.2) is 0 Å². The van der Waals surface area contributed by atoms with E-state index in [4.69, 9.17) is 14.6 Å². The zero-order valence-electron chi connectivity index (χ0n) is 20.1. The van der Waals surface area contributed by atoms with Crippen LogP contribution in [0.4, 0.5) is 0 Å². The molecule has 0 radical (unpaired) electrons. The number of aliphatic hydroxyl groups is 2. The van der Waals surface area contributed by atoms with E-state index in [1.807, 2.05) is 104 Å². The third-order valence-corrected chi connectivity index (χ3v) is 5.43. The fraction of sp³-hybridized carbons (Fsp3) is 0.226. The third kappa shape index (κ3) is 8.78. The minimum atomic E-state index is -0.516. The van der Waals surface area contributed by atoms with Crippen LogP contribution in [0.5, 0.6) is 0 Å². The van der Waals surface area contributed by atoms with E-state index in [0.29, 0.717) is 13.2 Å². The fourth-order valence-corrected chi connectivity index (χ4v) is 3.64. The van der Waals surface area contributed by atoms with E-state index < -0.39 is 6.10 Å². The zero-order valence-corrected chi connectivity index (χ0v) is 20.1. The summed E-state index contributed by atoms with van der Waals surface area (Å²) in [4.78, 5) is 0. The van der Waals surface area contributed by atoms with Crippen LogP contribution in [0.2, 0.25) is 0 Å². The van der Waals surface area contributed by atoms with Gasteiger partial charge in [-0.25, -0.2) is 0 Å². The highest BCUT2D eigenvalue weighted by molar-refractivity contribution is 5.30. The van der Waals surface area contributed by atoms with E-state index in [2.05, 4.69) is 24.3 Å². The highest BCUT2D eigenvalue weighted by atomic mass is 16.5. The van der Waals surface area contributed by atoms with Crippen LogP contribution in [0.15, 0.2) is 121 Å². The molecule has 0 aliphatic heterocycles. The Bertz CT molecular complexity index is 977. The Morgan fingerprint density at radius 3 is 1.31 bits per heavy atom. The predicted molar refractivity (Wildman–Crippen MR) is 140 cm³/mol. The van der Waals surface area contributed by atoms with Crippen LogP contribution in [0.25, 0.3) is 0 Å². The molecule has 4 nitrogen and oxygen atoms in total. The van der Waals surface area contributed by atoms with Crippen LogP contribution in [-0.4, -0.2) is 36.1 Å². The predicted octanol–water partition coefficient (Wildman–Crippen LogP) is 5.96. The maximum Gasteiger partial charge on any atom is 0.108 e. The summed E-state index contributed by atoms with van der Waals surface area (Å²) in [6, 6.07) is 39.7. The summed E-state index contributed by atoms with van der Waals surface area (Å²) >= 11 is 0. The Hall–Kier alpha value is -3.28. The molecule has 0 fully saturated rings. The molecule has 0 saturated carbocycles. The summed E-state index contributed by atoms with van der Waals surface area (Å²) in [6.07, 6.45) is -0.669. The van der Waals surface area contributed by atoms with E-state index in [0.717, 1.165) is 22.3 Å². The third-order valence-electron chi connectivity index (χ3n) is 5.43. The van der Waals surface area contributed by atoms with Crippen molar-refractivity contribution in [2.24, 2.45) is 0 Å². The molecule has 182 valence electrons. The molecule has 4 aromatic carbocycles. The van der Waals surface area contributed by atoms with Crippen LogP contribution >= 0.6 is 0 Å². The van der Waals surface area contributed by atoms with Crippen molar-refractivity contribution in [3.8, 4) is 0 Å². The van der Waals surface area contributed by atoms with Crippen molar-refractivity contribution in [3.05, 3.63) is 144 Å². The summed E-state index contributed by atoms with van der Waals surface area (Å²) in [5, 5.41) is 18.8. The minimum absolute atomic E-state index is 0.0329. The lowest BCUT2D eigenvalue weighted by molar-refractivity contribution is -0.0351. The first-order valence-corrected chi connectivity index (χ1v) is 11.9. The van der Waals surface area contributed by atoms with Crippen LogP contribution in [0, 0.1) is 0 Å². The van der Waals surface area contributed by atoms with Crippen molar-refractivity contribution in [1.29, 1.82) is 0 Å². The van der Waals surface area contributed by atoms with Crippen LogP contribution in [0.1, 0.15) is 41.4 Å². The first kappa shape index (κ1) is 26.3. The lowest BCUT2D eigenvalue weighted by atomic mass is 10.0. The van der Waals surface area contributed by atoms with Gasteiger partial charge in [0.1, 0.15) is 12.2 Å². The molecule has 0 heterocycles. The van der Waals surface area contributed by atoms with Crippen LogP contribution in [0.3, 0.4) is 0 Å². The van der Waals surface area contributed by atoms with Crippen molar-refractivity contribution >= 4 is 0 Å². The monoisotopic (exact) mass is 470 g/mol. The van der Waals surface area contributed by atoms with Gasteiger partial charge >= 0.3 is 0 Å². The van der Waals surface area contributed by atoms with E-state index in [1.54, 1.807) is 0 Å². The van der Waals surface area contributed by atoms with Crippen molar-refractivity contribution in [2.75, 3.05) is 19.8 Å². The number of hydrogen-bond acceptors (Lipinski definition) is 4. The van der Waals surface area contributed by atoms with E-state index in [-0.39, 0.29) is 18.8 Å². The largest absolute Gasteiger partial charge is 0.394 e. The molecular weight excluding hydrogens is 436 g/mol. The molecule has 1 atom stereocenters. The molecule has 0 bridgehead atoms. The smallest absolute Gasteiger partial charge is 0.108 e. The first-order valence-electron chi connectivity index (χ1n) is 11.9. The fourth-order valence-electron chi connectivity index (χ4n) is 3.64. The molecule has 0 aliphatic carbocycles. The maximum atomic E-state index is 9.99. The number of ether oxygens (including phenoxy) is 2. The second-order valence-electron chi connectivity index (χ2n) is 8.16. The molecule has 4 aromatic rings. The van der Waals surface area contributed by atoms with Gasteiger partial charge < -0.3 is 19.7 Å². The highest BCUT2D eigenvalue weighted by Crippen LogP contribution is 2.26. The SMILES string of the molecule is CC(COC(c1ccccc1)c1ccccc1)OCCO.OC(c1ccccc1)c1ccccc1. The van der Waals surface area contributed by atoms with E-state index in [1.165, 1.54) is 0 Å². The molecule has 1 unspecified atom stereocenters. The molecule has 0 aliphatic rings. The molecule has 0 amide bonds. The van der Waals surface area contributed by atoms with Gasteiger partial charge in [-0.2, -0.15) is 0 Å². The van der Waals surface area contributed by atoms with Gasteiger partial charge in [0.2, 0.25) is 0 Å². The molecule has 35 heavy (non-hydrogen) atoms. The minimum Gasteiger partial charge on any atom is -0.394 e. The Morgan fingerprint density at radius 2 is 0.943 bits per heavy atom. The first-order chi connectivity index (χ1) is 17.2. The second kappa shape index (κ2) is 14.9. The molecular formula is C31H34O4. The molecule has 2 N–H and O–H groups in total. The summed E-state index contributed by atoms with van der Waals surface area (Å²) in [5.74, 6) is 0. The second-order valence-corrected chi connectivity index (χ2v) is 8.16. The quantitative estimate of drug-likeness (QED) is 0.300. The Kier molecular flexibility index (Phi) is 11.2. The van der Waals surface area contributed by atoms with Gasteiger partial charge in [-0.05, 0) is 29.2 Å². The average molecular weight is 471 g/mol. The lowest BCUT2D eigenvalue weighted by Gasteiger charge is -2.21. The summed E-state index contributed by atoms with van der Waals surface area (Å²) in [5.41, 5.74) is 4.11. The number of rotatable bonds is 10. The normalized spacial score (nSPS) is 11.7. The van der Waals surface area contributed by atoms with Crippen LogP contribution in [-0.2, 0) is 9.47 Å². The van der Waals surface area contributed by atoms with Gasteiger partial charge in [0.25, 0.3) is 0 Å². The summed E-state index contributed by atoms with van der Waals surface area (Å²) in [6.45, 7) is 2.80. The van der Waals surface area contributed by atoms with Crippen molar-refractivity contribution < 1.29 is 19.7 Å². The van der Waals surface area contributed by atoms with E-state index >= 15 is 0 Å². The van der Waals surface area contributed by atoms with Gasteiger partial charge in [0.05, 0.1) is 25.9 Å². The van der Waals surface area contributed by atoms with Gasteiger partial charge in [0, 0.05) is 0 Å². The topological polar surface area (TPSA) is 58.9 Å². The highest BCUT2D eigenvalue weighted by Gasteiger charge is 2.16. The van der Waals surface area contributed by atoms with Crippen molar-refractivity contribution in [1.82, 2.24) is 0 Å². The molecule has 4 heteroatoms. The Morgan fingerprint density at radius 1 is 0.571 bits per heavy atom. The number of aliphatic hydroxyl groups excluding tert-OH is 2. The van der Waals surface area contributed by atoms with Crippen LogP contribution < -0.4 is 0 Å². The molecule has 0 saturated heterocycles. The number of hydrogen-bond donors (Lipinski definition) is 2. The Balaban J connectivity index is 0.000000211. The maximum absolute atomic E-state index is 9.99. The van der Waals surface area contributed by atoms with Crippen molar-refractivity contribution in [3.63, 3.8) is 0 Å². The van der Waals surface area contributed by atoms with Gasteiger partial charge in [-0.1, -0.05) is 121 Å². The Labute approximate surface area is 208 Å². The molecule has 4 rings (SSSR count). The van der Waals surface area contributed by atoms with Gasteiger partial charge in [-0.3, -0.25) is 0 Å². The molecule has 0 aromatic heterocycles. The van der Waals surface area contributed by atoms with Gasteiger partial charge in [-0.15, -0.1) is 0 Å². The van der Waals surface area contributed by atoms with Crippen molar-refractivity contribution in [2.45, 2.75) is 25.2 Å².